The van der Waals surface area contributed by atoms with Gasteiger partial charge in [-0.05, 0) is 38.5 Å². The number of rotatable bonds is 5. The summed E-state index contributed by atoms with van der Waals surface area (Å²) in [7, 11) is 0. The van der Waals surface area contributed by atoms with Crippen LogP contribution in [0.3, 0.4) is 0 Å². The number of esters is 1. The zero-order chi connectivity index (χ0) is 19.5. The van der Waals surface area contributed by atoms with Crippen molar-refractivity contribution in [2.45, 2.75) is 37.4 Å². The number of hydrogen-bond donors (Lipinski definition) is 0. The Balaban J connectivity index is 2.54. The SMILES string of the molecule is CC(C)(C)OC(=O)C(Cl)(c1ccc([N+](=O)[O-])cc1)C([O-])c1ccccc1. The lowest BCUT2D eigenvalue weighted by Gasteiger charge is -2.40. The van der Waals surface area contributed by atoms with Crippen molar-refractivity contribution in [2.24, 2.45) is 0 Å². The fraction of sp³-hybridized carbons (Fsp3) is 0.316. The molecule has 0 aromatic heterocycles. The predicted octanol–water partition coefficient (Wildman–Crippen LogP) is 3.47. The molecule has 0 bridgehead atoms. The van der Waals surface area contributed by atoms with Gasteiger partial charge in [0, 0.05) is 12.1 Å². The van der Waals surface area contributed by atoms with Gasteiger partial charge in [-0.15, -0.1) is 11.6 Å². The average molecular weight is 377 g/mol. The van der Waals surface area contributed by atoms with Crippen LogP contribution >= 0.6 is 11.6 Å². The molecule has 0 amide bonds. The summed E-state index contributed by atoms with van der Waals surface area (Å²) in [6, 6.07) is 13.3. The van der Waals surface area contributed by atoms with E-state index in [1.807, 2.05) is 0 Å². The number of hydrogen-bond acceptors (Lipinski definition) is 5. The lowest BCUT2D eigenvalue weighted by Crippen LogP contribution is -2.46. The van der Waals surface area contributed by atoms with Crippen LogP contribution in [0.5, 0.6) is 0 Å². The lowest BCUT2D eigenvalue weighted by atomic mass is 9.87. The second kappa shape index (κ2) is 7.43. The van der Waals surface area contributed by atoms with Crippen LogP contribution in [0, 0.1) is 10.1 Å². The number of halogens is 1. The van der Waals surface area contributed by atoms with Crippen molar-refractivity contribution in [1.82, 2.24) is 0 Å². The maximum atomic E-state index is 13.1. The summed E-state index contributed by atoms with van der Waals surface area (Å²) >= 11 is 6.58. The number of carbonyl (C=O) groups is 1. The van der Waals surface area contributed by atoms with E-state index < -0.39 is 27.5 Å². The van der Waals surface area contributed by atoms with Crippen molar-refractivity contribution in [3.63, 3.8) is 0 Å². The topological polar surface area (TPSA) is 92.5 Å². The molecule has 0 saturated carbocycles. The number of benzene rings is 2. The summed E-state index contributed by atoms with van der Waals surface area (Å²) in [5.74, 6) is -0.899. The maximum Gasteiger partial charge on any atom is 0.331 e. The third-order valence-corrected chi connectivity index (χ3v) is 4.23. The van der Waals surface area contributed by atoms with Crippen LogP contribution in [0.4, 0.5) is 5.69 Å². The minimum Gasteiger partial charge on any atom is -0.847 e. The third-order valence-electron chi connectivity index (χ3n) is 3.66. The molecule has 0 N–H and O–H groups in total. The van der Waals surface area contributed by atoms with Gasteiger partial charge >= 0.3 is 5.97 Å². The number of ether oxygens (including phenoxy) is 1. The molecule has 0 radical (unpaired) electrons. The fourth-order valence-electron chi connectivity index (χ4n) is 2.41. The quantitative estimate of drug-likeness (QED) is 0.345. The average Bonchev–Trinajstić information content (AvgIpc) is 2.59. The molecule has 7 heteroatoms. The number of non-ortho nitro benzene ring substituents is 1. The fourth-order valence-corrected chi connectivity index (χ4v) is 2.70. The highest BCUT2D eigenvalue weighted by atomic mass is 35.5. The molecule has 2 aromatic rings. The molecule has 2 atom stereocenters. The smallest absolute Gasteiger partial charge is 0.331 e. The Morgan fingerprint density at radius 1 is 1.08 bits per heavy atom. The zero-order valence-corrected chi connectivity index (χ0v) is 15.4. The number of alkyl halides is 1. The van der Waals surface area contributed by atoms with E-state index in [4.69, 9.17) is 16.3 Å². The van der Waals surface area contributed by atoms with Gasteiger partial charge in [-0.3, -0.25) is 10.1 Å². The van der Waals surface area contributed by atoms with Crippen molar-refractivity contribution < 1.29 is 19.6 Å². The number of nitrogens with zero attached hydrogens (tertiary/aromatic N) is 1. The van der Waals surface area contributed by atoms with E-state index in [1.165, 1.54) is 24.3 Å². The van der Waals surface area contributed by atoms with Gasteiger partial charge in [0.1, 0.15) is 5.60 Å². The standard InChI is InChI=1S/C19H19ClNO5/c1-18(2,3)26-17(23)19(20,16(22)13-7-5-4-6-8-13)14-9-11-15(12-10-14)21(24)25/h4-12,16H,1-3H3/q-1. The third kappa shape index (κ3) is 4.20. The van der Waals surface area contributed by atoms with Crippen LogP contribution in [0.1, 0.15) is 38.0 Å². The molecule has 2 aromatic carbocycles. The highest BCUT2D eigenvalue weighted by molar-refractivity contribution is 6.34. The van der Waals surface area contributed by atoms with Crippen molar-refractivity contribution >= 4 is 23.3 Å². The zero-order valence-electron chi connectivity index (χ0n) is 14.6. The Hall–Kier alpha value is -2.44. The highest BCUT2D eigenvalue weighted by Crippen LogP contribution is 2.42. The van der Waals surface area contributed by atoms with Crippen LogP contribution in [-0.2, 0) is 14.4 Å². The molecule has 6 nitrogen and oxygen atoms in total. The molecule has 0 aliphatic heterocycles. The minimum atomic E-state index is -2.07. The van der Waals surface area contributed by atoms with Crippen LogP contribution in [0.15, 0.2) is 54.6 Å². The first-order valence-corrected chi connectivity index (χ1v) is 8.31. The van der Waals surface area contributed by atoms with Crippen LogP contribution < -0.4 is 5.11 Å². The normalized spacial score (nSPS) is 15.0. The summed E-state index contributed by atoms with van der Waals surface area (Å²) in [5.41, 5.74) is -0.567. The minimum absolute atomic E-state index is 0.142. The van der Waals surface area contributed by atoms with Gasteiger partial charge in [0.25, 0.3) is 5.69 Å². The highest BCUT2D eigenvalue weighted by Gasteiger charge is 2.44. The monoisotopic (exact) mass is 376 g/mol. The van der Waals surface area contributed by atoms with Crippen LogP contribution in [-0.4, -0.2) is 16.5 Å². The maximum absolute atomic E-state index is 13.1. The van der Waals surface area contributed by atoms with Crippen molar-refractivity contribution in [3.05, 3.63) is 75.8 Å². The second-order valence-corrected chi connectivity index (χ2v) is 7.40. The Morgan fingerprint density at radius 3 is 2.08 bits per heavy atom. The summed E-state index contributed by atoms with van der Waals surface area (Å²) in [4.78, 5) is 21.0. The Morgan fingerprint density at radius 2 is 1.62 bits per heavy atom. The molecule has 0 aliphatic rings. The van der Waals surface area contributed by atoms with Gasteiger partial charge in [-0.2, -0.15) is 0 Å². The molecular formula is C19H19ClNO5-. The summed E-state index contributed by atoms with van der Waals surface area (Å²) in [5, 5.41) is 24.0. The number of nitro groups is 1. The molecule has 0 fully saturated rings. The Kier molecular flexibility index (Phi) is 5.68. The van der Waals surface area contributed by atoms with Gasteiger partial charge in [0.15, 0.2) is 4.87 Å². The van der Waals surface area contributed by atoms with E-state index in [9.17, 15) is 20.0 Å². The van der Waals surface area contributed by atoms with Gasteiger partial charge in [-0.25, -0.2) is 4.79 Å². The first-order chi connectivity index (χ1) is 12.1. The first-order valence-electron chi connectivity index (χ1n) is 7.94. The van der Waals surface area contributed by atoms with E-state index in [1.54, 1.807) is 51.1 Å². The molecule has 26 heavy (non-hydrogen) atoms. The van der Waals surface area contributed by atoms with Gasteiger partial charge in [0.2, 0.25) is 0 Å². The van der Waals surface area contributed by atoms with Crippen LogP contribution in [0.2, 0.25) is 0 Å². The molecule has 0 heterocycles. The van der Waals surface area contributed by atoms with E-state index in [0.29, 0.717) is 5.56 Å². The molecule has 0 spiro atoms. The lowest BCUT2D eigenvalue weighted by molar-refractivity contribution is -0.435. The summed E-state index contributed by atoms with van der Waals surface area (Å²) in [6.45, 7) is 5.00. The van der Waals surface area contributed by atoms with Crippen molar-refractivity contribution in [1.29, 1.82) is 0 Å². The largest absolute Gasteiger partial charge is 0.847 e. The number of carbonyl (C=O) groups excluding carboxylic acids is 1. The van der Waals surface area contributed by atoms with E-state index in [2.05, 4.69) is 0 Å². The predicted molar refractivity (Wildman–Crippen MR) is 95.7 cm³/mol. The van der Waals surface area contributed by atoms with Crippen molar-refractivity contribution in [3.8, 4) is 0 Å². The van der Waals surface area contributed by atoms with Gasteiger partial charge < -0.3 is 9.84 Å². The number of nitro benzene ring substituents is 1. The first kappa shape index (κ1) is 19.9. The summed E-state index contributed by atoms with van der Waals surface area (Å²) < 4.78 is 5.37. The second-order valence-electron chi connectivity index (χ2n) is 6.81. The molecule has 138 valence electrons. The molecule has 0 aliphatic carbocycles. The van der Waals surface area contributed by atoms with Gasteiger partial charge in [-0.1, -0.05) is 42.0 Å². The molecule has 2 rings (SSSR count). The Labute approximate surface area is 156 Å². The van der Waals surface area contributed by atoms with Crippen molar-refractivity contribution in [2.75, 3.05) is 0 Å². The van der Waals surface area contributed by atoms with E-state index in [0.717, 1.165) is 0 Å². The summed E-state index contributed by atoms with van der Waals surface area (Å²) in [6.07, 6.45) is -1.67. The van der Waals surface area contributed by atoms with E-state index >= 15 is 0 Å². The van der Waals surface area contributed by atoms with Gasteiger partial charge in [0.05, 0.1) is 4.92 Å². The molecule has 0 saturated heterocycles. The molecular weight excluding hydrogens is 358 g/mol. The van der Waals surface area contributed by atoms with Crippen LogP contribution in [0.25, 0.3) is 0 Å². The van der Waals surface area contributed by atoms with E-state index in [-0.39, 0.29) is 11.3 Å². The molecule has 2 unspecified atom stereocenters. The Bertz CT molecular complexity index is 786.